The molecule has 240 valence electrons. The maximum atomic E-state index is 13.3. The number of aliphatic hydroxyl groups excluding tert-OH is 2. The van der Waals surface area contributed by atoms with Gasteiger partial charge in [-0.3, -0.25) is 9.59 Å². The molecule has 0 saturated carbocycles. The van der Waals surface area contributed by atoms with Gasteiger partial charge in [0.25, 0.3) is 5.91 Å². The molecule has 0 aromatic heterocycles. The third kappa shape index (κ3) is 7.38. The first-order chi connectivity index (χ1) is 20.0. The molecule has 5 N–H and O–H groups in total. The van der Waals surface area contributed by atoms with Crippen LogP contribution in [0.3, 0.4) is 0 Å². The van der Waals surface area contributed by atoms with Crippen LogP contribution in [0, 0.1) is 18.3 Å². The Morgan fingerprint density at radius 3 is 2.37 bits per heavy atom. The van der Waals surface area contributed by atoms with E-state index in [2.05, 4.69) is 11.9 Å². The number of amides is 1. The summed E-state index contributed by atoms with van der Waals surface area (Å²) in [6.07, 6.45) is -6.65. The van der Waals surface area contributed by atoms with Gasteiger partial charge in [0, 0.05) is 50.9 Å². The lowest BCUT2D eigenvalue weighted by Gasteiger charge is -2.44. The van der Waals surface area contributed by atoms with E-state index in [0.717, 1.165) is 11.6 Å². The summed E-state index contributed by atoms with van der Waals surface area (Å²) < 4.78 is 22.5. The predicted octanol–water partition coefficient (Wildman–Crippen LogP) is 2.06. The zero-order valence-electron chi connectivity index (χ0n) is 25.9. The number of ketones is 1. The van der Waals surface area contributed by atoms with Gasteiger partial charge in [0.15, 0.2) is 12.3 Å². The van der Waals surface area contributed by atoms with Crippen molar-refractivity contribution in [1.82, 2.24) is 5.32 Å². The summed E-state index contributed by atoms with van der Waals surface area (Å²) in [5.74, 6) is -2.82. The third-order valence-electron chi connectivity index (χ3n) is 8.78. The van der Waals surface area contributed by atoms with E-state index in [-0.39, 0.29) is 48.5 Å². The highest BCUT2D eigenvalue weighted by Crippen LogP contribution is 2.40. The minimum atomic E-state index is -1.52. The van der Waals surface area contributed by atoms with Crippen LogP contribution in [0.5, 0.6) is 11.5 Å². The number of Topliss-reactive ketones (excluding diaryl/α,β-unsaturated/α-hetero) is 1. The van der Waals surface area contributed by atoms with Crippen LogP contribution in [0.25, 0.3) is 0 Å². The Balaban J connectivity index is 1.74. The highest BCUT2D eigenvalue weighted by molar-refractivity contribution is 5.96. The SMILES string of the molecule is C=C(C)CC(OC)C(O)C(=O)NC(OC)C1CC(=O)C(C)(C)C(CC(O)C(C)C2Cc3c(C)c(O)cc(O)c3C(=O)O2)O1. The summed E-state index contributed by atoms with van der Waals surface area (Å²) >= 11 is 0. The van der Waals surface area contributed by atoms with E-state index in [0.29, 0.717) is 11.1 Å². The van der Waals surface area contributed by atoms with E-state index in [9.17, 15) is 34.8 Å². The first kappa shape index (κ1) is 34.5. The van der Waals surface area contributed by atoms with Crippen LogP contribution >= 0.6 is 0 Å². The third-order valence-corrected chi connectivity index (χ3v) is 8.78. The zero-order valence-corrected chi connectivity index (χ0v) is 25.9. The van der Waals surface area contributed by atoms with Gasteiger partial charge in [0.2, 0.25) is 0 Å². The molecule has 1 fully saturated rings. The number of methoxy groups -OCH3 is 2. The molecule has 0 radical (unpaired) electrons. The highest BCUT2D eigenvalue weighted by Gasteiger charge is 2.48. The normalized spacial score (nSPS) is 25.1. The summed E-state index contributed by atoms with van der Waals surface area (Å²) in [6, 6.07) is 1.10. The van der Waals surface area contributed by atoms with Gasteiger partial charge in [-0.1, -0.05) is 26.3 Å². The van der Waals surface area contributed by atoms with Crippen molar-refractivity contribution in [2.24, 2.45) is 11.3 Å². The Kier molecular flexibility index (Phi) is 11.0. The van der Waals surface area contributed by atoms with Crippen molar-refractivity contribution in [1.29, 1.82) is 0 Å². The summed E-state index contributed by atoms with van der Waals surface area (Å²) in [6.45, 7) is 12.3. The average Bonchev–Trinajstić information content (AvgIpc) is 2.94. The number of carbonyl (C=O) groups is 3. The summed E-state index contributed by atoms with van der Waals surface area (Å²) in [4.78, 5) is 38.9. The molecule has 12 nitrogen and oxygen atoms in total. The number of phenols is 2. The molecule has 0 aliphatic carbocycles. The second kappa shape index (κ2) is 13.7. The zero-order chi connectivity index (χ0) is 32.4. The Morgan fingerprint density at radius 2 is 1.79 bits per heavy atom. The molecule has 8 atom stereocenters. The smallest absolute Gasteiger partial charge is 0.342 e. The summed E-state index contributed by atoms with van der Waals surface area (Å²) in [5.41, 5.74) is 0.607. The Hall–Kier alpha value is -3.03. The largest absolute Gasteiger partial charge is 0.508 e. The fourth-order valence-electron chi connectivity index (χ4n) is 5.65. The molecule has 2 heterocycles. The molecule has 1 aromatic rings. The Labute approximate surface area is 252 Å². The van der Waals surface area contributed by atoms with E-state index in [1.54, 1.807) is 34.6 Å². The average molecular weight is 608 g/mol. The molecule has 3 rings (SSSR count). The number of cyclic esters (lactones) is 1. The van der Waals surface area contributed by atoms with E-state index >= 15 is 0 Å². The number of hydrogen-bond donors (Lipinski definition) is 5. The molecule has 1 saturated heterocycles. The fraction of sp³-hybridized carbons (Fsp3) is 0.645. The topological polar surface area (TPSA) is 181 Å². The van der Waals surface area contributed by atoms with Crippen LogP contribution in [0.4, 0.5) is 0 Å². The second-order valence-corrected chi connectivity index (χ2v) is 12.3. The van der Waals surface area contributed by atoms with Crippen molar-refractivity contribution in [3.8, 4) is 11.5 Å². The number of benzene rings is 1. The Morgan fingerprint density at radius 1 is 1.14 bits per heavy atom. The van der Waals surface area contributed by atoms with E-state index < -0.39 is 66.1 Å². The standard InChI is InChI=1S/C31H45NO11/c1-14(2)9-22(40-7)27(37)28(38)32-29(41-8)23-13-24(36)31(5,6)25(42-23)12-19(34)16(4)21-10-17-15(3)18(33)11-20(35)26(17)30(39)43-21/h11,16,19,21-23,25,27,29,33-35,37H,1,9-10,12-13H2,2-8H3,(H,32,38). The van der Waals surface area contributed by atoms with Crippen LogP contribution in [-0.2, 0) is 35.0 Å². The van der Waals surface area contributed by atoms with Gasteiger partial charge in [-0.05, 0) is 31.4 Å². The number of carbonyl (C=O) groups excluding carboxylic acids is 3. The molecule has 1 amide bonds. The molecule has 1 aromatic carbocycles. The number of ether oxygens (including phenoxy) is 4. The molecule has 0 spiro atoms. The minimum absolute atomic E-state index is 0.00104. The van der Waals surface area contributed by atoms with Crippen molar-refractivity contribution in [3.63, 3.8) is 0 Å². The van der Waals surface area contributed by atoms with Crippen molar-refractivity contribution >= 4 is 17.7 Å². The van der Waals surface area contributed by atoms with Crippen LogP contribution in [0.2, 0.25) is 0 Å². The first-order valence-corrected chi connectivity index (χ1v) is 14.3. The first-order valence-electron chi connectivity index (χ1n) is 14.3. The molecule has 2 aliphatic heterocycles. The lowest BCUT2D eigenvalue weighted by Crippen LogP contribution is -2.58. The second-order valence-electron chi connectivity index (χ2n) is 12.3. The van der Waals surface area contributed by atoms with Gasteiger partial charge in [-0.15, -0.1) is 6.58 Å². The number of phenolic OH excluding ortho intramolecular Hbond substituents is 2. The van der Waals surface area contributed by atoms with Gasteiger partial charge < -0.3 is 44.7 Å². The molecular formula is C31H45NO11. The summed E-state index contributed by atoms with van der Waals surface area (Å²) in [5, 5.41) is 44.8. The molecule has 2 aliphatic rings. The fourth-order valence-corrected chi connectivity index (χ4v) is 5.65. The molecular weight excluding hydrogens is 562 g/mol. The maximum Gasteiger partial charge on any atom is 0.342 e. The number of rotatable bonds is 12. The van der Waals surface area contributed by atoms with Crippen LogP contribution in [0.15, 0.2) is 18.2 Å². The van der Waals surface area contributed by atoms with Crippen molar-refractivity contribution in [2.45, 2.75) is 103 Å². The van der Waals surface area contributed by atoms with Gasteiger partial charge in [0.1, 0.15) is 35.1 Å². The quantitative estimate of drug-likeness (QED) is 0.133. The number of aliphatic hydroxyl groups is 2. The van der Waals surface area contributed by atoms with E-state index in [1.807, 2.05) is 0 Å². The number of aromatic hydroxyl groups is 2. The molecule has 8 unspecified atom stereocenters. The van der Waals surface area contributed by atoms with Gasteiger partial charge >= 0.3 is 5.97 Å². The number of fused-ring (bicyclic) bond motifs is 1. The number of nitrogens with one attached hydrogen (secondary N) is 1. The number of hydrogen-bond acceptors (Lipinski definition) is 11. The van der Waals surface area contributed by atoms with E-state index in [4.69, 9.17) is 18.9 Å². The number of esters is 1. The van der Waals surface area contributed by atoms with Crippen molar-refractivity contribution in [2.75, 3.05) is 14.2 Å². The monoisotopic (exact) mass is 607 g/mol. The molecule has 12 heteroatoms. The van der Waals surface area contributed by atoms with E-state index in [1.165, 1.54) is 14.2 Å². The highest BCUT2D eigenvalue weighted by atomic mass is 16.6. The predicted molar refractivity (Wildman–Crippen MR) is 154 cm³/mol. The van der Waals surface area contributed by atoms with Gasteiger partial charge in [-0.2, -0.15) is 0 Å². The minimum Gasteiger partial charge on any atom is -0.508 e. The lowest BCUT2D eigenvalue weighted by molar-refractivity contribution is -0.188. The van der Waals surface area contributed by atoms with Crippen LogP contribution in [-0.4, -0.2) is 95.2 Å². The van der Waals surface area contributed by atoms with Crippen LogP contribution < -0.4 is 5.32 Å². The molecule has 0 bridgehead atoms. The lowest BCUT2D eigenvalue weighted by atomic mass is 9.74. The van der Waals surface area contributed by atoms with Crippen molar-refractivity contribution in [3.05, 3.63) is 34.9 Å². The summed E-state index contributed by atoms with van der Waals surface area (Å²) in [7, 11) is 2.72. The van der Waals surface area contributed by atoms with Crippen LogP contribution in [0.1, 0.15) is 68.4 Å². The van der Waals surface area contributed by atoms with Gasteiger partial charge in [-0.25, -0.2) is 4.79 Å². The molecule has 43 heavy (non-hydrogen) atoms. The maximum absolute atomic E-state index is 13.3. The Bertz CT molecular complexity index is 1230. The van der Waals surface area contributed by atoms with Gasteiger partial charge in [0.05, 0.1) is 18.3 Å². The van der Waals surface area contributed by atoms with Crippen molar-refractivity contribution < 1.29 is 53.8 Å².